The van der Waals surface area contributed by atoms with E-state index < -0.39 is 0 Å². The number of amides is 1. The summed E-state index contributed by atoms with van der Waals surface area (Å²) < 4.78 is 0. The van der Waals surface area contributed by atoms with Crippen LogP contribution in [0, 0.1) is 0 Å². The average Bonchev–Trinajstić information content (AvgIpc) is 2.90. The maximum absolute atomic E-state index is 12.1. The van der Waals surface area contributed by atoms with Crippen LogP contribution in [0.2, 0.25) is 5.02 Å². The topological polar surface area (TPSA) is 41.5 Å². The van der Waals surface area contributed by atoms with Crippen molar-refractivity contribution in [1.82, 2.24) is 5.32 Å². The molecule has 23 heavy (non-hydrogen) atoms. The second kappa shape index (κ2) is 7.02. The number of nitrogens with zero attached hydrogens (tertiary/aromatic N) is 1. The van der Waals surface area contributed by atoms with Crippen LogP contribution in [0.3, 0.4) is 0 Å². The van der Waals surface area contributed by atoms with Gasteiger partial charge in [-0.15, -0.1) is 0 Å². The van der Waals surface area contributed by atoms with Crippen molar-refractivity contribution in [2.24, 2.45) is 4.99 Å². The molecule has 0 bridgehead atoms. The van der Waals surface area contributed by atoms with Gasteiger partial charge in [-0.3, -0.25) is 4.79 Å². The van der Waals surface area contributed by atoms with E-state index in [0.717, 1.165) is 17.7 Å². The molecule has 116 valence electrons. The summed E-state index contributed by atoms with van der Waals surface area (Å²) in [5, 5.41) is 3.98. The quantitative estimate of drug-likeness (QED) is 0.814. The predicted molar refractivity (Wildman–Crippen MR) is 98.1 cm³/mol. The number of amidine groups is 1. The molecule has 1 aliphatic heterocycles. The van der Waals surface area contributed by atoms with Gasteiger partial charge in [0.1, 0.15) is 0 Å². The normalized spacial score (nSPS) is 17.7. The number of hydrogen-bond acceptors (Lipinski definition) is 3. The molecule has 0 unspecified atom stereocenters. The van der Waals surface area contributed by atoms with Gasteiger partial charge in [-0.05, 0) is 53.6 Å². The molecule has 1 N–H and O–H groups in total. The van der Waals surface area contributed by atoms with Gasteiger partial charge >= 0.3 is 0 Å². The van der Waals surface area contributed by atoms with E-state index in [4.69, 9.17) is 11.6 Å². The molecule has 2 aromatic rings. The maximum Gasteiger partial charge on any atom is 0.264 e. The molecule has 1 fully saturated rings. The third kappa shape index (κ3) is 3.84. The van der Waals surface area contributed by atoms with Crippen LogP contribution in [0.4, 0.5) is 5.69 Å². The number of benzene rings is 2. The minimum atomic E-state index is -0.154. The lowest BCUT2D eigenvalue weighted by Crippen LogP contribution is -2.19. The summed E-state index contributed by atoms with van der Waals surface area (Å²) in [5.74, 6) is -0.154. The van der Waals surface area contributed by atoms with Crippen molar-refractivity contribution in [3.8, 4) is 0 Å². The van der Waals surface area contributed by atoms with E-state index in [1.165, 1.54) is 17.3 Å². The molecule has 1 heterocycles. The molecule has 0 aromatic heterocycles. The highest BCUT2D eigenvalue weighted by atomic mass is 35.5. The van der Waals surface area contributed by atoms with Gasteiger partial charge in [0.05, 0.1) is 10.6 Å². The Labute approximate surface area is 144 Å². The summed E-state index contributed by atoms with van der Waals surface area (Å²) in [6, 6.07) is 15.4. The van der Waals surface area contributed by atoms with Crippen LogP contribution in [-0.4, -0.2) is 11.1 Å². The molecule has 0 radical (unpaired) electrons. The van der Waals surface area contributed by atoms with Gasteiger partial charge < -0.3 is 5.32 Å². The standard InChI is InChI=1S/C18H15ClN2OS/c1-2-12-7-9-14(10-8-12)20-18-21-17(22)16(23-18)11-13-5-3-4-6-15(13)19/h3-11H,2H2,1H3,(H,20,21,22)/b16-11-. The van der Waals surface area contributed by atoms with Crippen LogP contribution in [-0.2, 0) is 11.2 Å². The van der Waals surface area contributed by atoms with E-state index in [0.29, 0.717) is 15.1 Å². The summed E-state index contributed by atoms with van der Waals surface area (Å²) in [6.45, 7) is 2.11. The largest absolute Gasteiger partial charge is 0.300 e. The summed E-state index contributed by atoms with van der Waals surface area (Å²) in [6.07, 6.45) is 2.78. The fourth-order valence-corrected chi connectivity index (χ4v) is 3.16. The number of halogens is 1. The second-order valence-corrected chi connectivity index (χ2v) is 6.46. The highest BCUT2D eigenvalue weighted by Crippen LogP contribution is 2.29. The Bertz CT molecular complexity index is 797. The number of aryl methyl sites for hydroxylation is 1. The lowest BCUT2D eigenvalue weighted by molar-refractivity contribution is -0.115. The van der Waals surface area contributed by atoms with Gasteiger partial charge in [-0.25, -0.2) is 4.99 Å². The van der Waals surface area contributed by atoms with Crippen molar-refractivity contribution in [2.45, 2.75) is 13.3 Å². The highest BCUT2D eigenvalue weighted by molar-refractivity contribution is 8.18. The van der Waals surface area contributed by atoms with Crippen molar-refractivity contribution in [2.75, 3.05) is 0 Å². The maximum atomic E-state index is 12.1. The third-order valence-corrected chi connectivity index (χ3v) is 4.67. The molecule has 1 saturated heterocycles. The van der Waals surface area contributed by atoms with Gasteiger partial charge in [-0.2, -0.15) is 0 Å². The Balaban J connectivity index is 1.81. The number of rotatable bonds is 3. The molecular formula is C18H15ClN2OS. The predicted octanol–water partition coefficient (Wildman–Crippen LogP) is 4.79. The first-order valence-electron chi connectivity index (χ1n) is 7.29. The van der Waals surface area contributed by atoms with Crippen LogP contribution in [0.25, 0.3) is 6.08 Å². The van der Waals surface area contributed by atoms with Crippen LogP contribution in [0.15, 0.2) is 58.4 Å². The van der Waals surface area contributed by atoms with Gasteiger partial charge in [-0.1, -0.05) is 48.9 Å². The van der Waals surface area contributed by atoms with Gasteiger partial charge in [0, 0.05) is 5.02 Å². The van der Waals surface area contributed by atoms with Crippen LogP contribution >= 0.6 is 23.4 Å². The number of nitrogens with one attached hydrogen (secondary N) is 1. The molecule has 0 saturated carbocycles. The van der Waals surface area contributed by atoms with E-state index in [1.807, 2.05) is 42.5 Å². The lowest BCUT2D eigenvalue weighted by atomic mass is 10.2. The van der Waals surface area contributed by atoms with E-state index in [-0.39, 0.29) is 5.91 Å². The zero-order valence-electron chi connectivity index (χ0n) is 12.5. The first-order chi connectivity index (χ1) is 11.2. The zero-order valence-corrected chi connectivity index (χ0v) is 14.1. The van der Waals surface area contributed by atoms with Gasteiger partial charge in [0.2, 0.25) is 0 Å². The smallest absolute Gasteiger partial charge is 0.264 e. The second-order valence-electron chi connectivity index (χ2n) is 5.02. The zero-order chi connectivity index (χ0) is 16.2. The molecular weight excluding hydrogens is 328 g/mol. The molecule has 0 atom stereocenters. The first kappa shape index (κ1) is 15.8. The summed E-state index contributed by atoms with van der Waals surface area (Å²) in [7, 11) is 0. The number of thioether (sulfide) groups is 1. The number of hydrogen-bond donors (Lipinski definition) is 1. The number of carbonyl (C=O) groups excluding carboxylic acids is 1. The fourth-order valence-electron chi connectivity index (χ4n) is 2.14. The van der Waals surface area contributed by atoms with E-state index >= 15 is 0 Å². The average molecular weight is 343 g/mol. The molecule has 5 heteroatoms. The number of aliphatic imine (C=N–C) groups is 1. The summed E-state index contributed by atoms with van der Waals surface area (Å²) >= 11 is 7.45. The van der Waals surface area contributed by atoms with E-state index in [1.54, 1.807) is 12.1 Å². The Hall–Kier alpha value is -2.04. The third-order valence-electron chi connectivity index (χ3n) is 3.42. The highest BCUT2D eigenvalue weighted by Gasteiger charge is 2.24. The van der Waals surface area contributed by atoms with E-state index in [9.17, 15) is 4.79 Å². The Kier molecular flexibility index (Phi) is 4.84. The summed E-state index contributed by atoms with van der Waals surface area (Å²) in [4.78, 5) is 17.1. The van der Waals surface area contributed by atoms with Crippen molar-refractivity contribution in [3.05, 3.63) is 69.6 Å². The molecule has 0 aliphatic carbocycles. The van der Waals surface area contributed by atoms with Crippen LogP contribution in [0.1, 0.15) is 18.1 Å². The van der Waals surface area contributed by atoms with Crippen molar-refractivity contribution >= 4 is 46.2 Å². The minimum absolute atomic E-state index is 0.154. The lowest BCUT2D eigenvalue weighted by Gasteiger charge is -1.99. The molecule has 1 aliphatic rings. The molecule has 0 spiro atoms. The van der Waals surface area contributed by atoms with Crippen molar-refractivity contribution < 1.29 is 4.79 Å². The Morgan fingerprint density at radius 1 is 1.17 bits per heavy atom. The van der Waals surface area contributed by atoms with Crippen LogP contribution < -0.4 is 5.32 Å². The van der Waals surface area contributed by atoms with Crippen LogP contribution in [0.5, 0.6) is 0 Å². The van der Waals surface area contributed by atoms with Gasteiger partial charge in [0.25, 0.3) is 5.91 Å². The minimum Gasteiger partial charge on any atom is -0.300 e. The Morgan fingerprint density at radius 3 is 2.61 bits per heavy atom. The molecule has 2 aromatic carbocycles. The number of carbonyl (C=O) groups is 1. The molecule has 3 rings (SSSR count). The monoisotopic (exact) mass is 342 g/mol. The summed E-state index contributed by atoms with van der Waals surface area (Å²) in [5.41, 5.74) is 2.90. The first-order valence-corrected chi connectivity index (χ1v) is 8.48. The van der Waals surface area contributed by atoms with Crippen molar-refractivity contribution in [1.29, 1.82) is 0 Å². The Morgan fingerprint density at radius 2 is 1.91 bits per heavy atom. The molecule has 3 nitrogen and oxygen atoms in total. The van der Waals surface area contributed by atoms with E-state index in [2.05, 4.69) is 17.2 Å². The SMILES string of the molecule is CCc1ccc(N=C2NC(=O)/C(=C/c3ccccc3Cl)S2)cc1. The van der Waals surface area contributed by atoms with Gasteiger partial charge in [0.15, 0.2) is 5.17 Å². The fraction of sp³-hybridized carbons (Fsp3) is 0.111. The molecule has 1 amide bonds. The van der Waals surface area contributed by atoms with Crippen molar-refractivity contribution in [3.63, 3.8) is 0 Å².